The number of aromatic nitrogens is 1. The Kier molecular flexibility index (Phi) is 2.60. The maximum absolute atomic E-state index is 5.98. The molecule has 0 amide bonds. The Morgan fingerprint density at radius 3 is 3.00 bits per heavy atom. The summed E-state index contributed by atoms with van der Waals surface area (Å²) < 4.78 is 4.98. The maximum Gasteiger partial charge on any atom is 0.0950 e. The minimum Gasteiger partial charge on any atom is -0.472 e. The zero-order valence-electron chi connectivity index (χ0n) is 7.76. The molecule has 0 bridgehead atoms. The van der Waals surface area contributed by atoms with Gasteiger partial charge in [0, 0.05) is 24.0 Å². The van der Waals surface area contributed by atoms with Crippen LogP contribution in [0.4, 0.5) is 0 Å². The van der Waals surface area contributed by atoms with Crippen LogP contribution in [0.25, 0.3) is 0 Å². The van der Waals surface area contributed by atoms with E-state index < -0.39 is 0 Å². The van der Waals surface area contributed by atoms with Crippen molar-refractivity contribution in [3.05, 3.63) is 54.2 Å². The molecule has 0 aliphatic rings. The third-order valence-corrected chi connectivity index (χ3v) is 2.15. The molecule has 0 spiro atoms. The zero-order valence-corrected chi connectivity index (χ0v) is 7.76. The molecule has 2 rings (SSSR count). The summed E-state index contributed by atoms with van der Waals surface area (Å²) in [6, 6.07) is 5.81. The second-order valence-corrected chi connectivity index (χ2v) is 3.23. The van der Waals surface area contributed by atoms with Gasteiger partial charge < -0.3 is 10.2 Å². The third-order valence-electron chi connectivity index (χ3n) is 2.15. The van der Waals surface area contributed by atoms with Gasteiger partial charge in [0.2, 0.25) is 0 Å². The summed E-state index contributed by atoms with van der Waals surface area (Å²) in [5, 5.41) is 0. The van der Waals surface area contributed by atoms with Crippen LogP contribution in [0.5, 0.6) is 0 Å². The molecule has 1 atom stereocenters. The van der Waals surface area contributed by atoms with Gasteiger partial charge in [-0.15, -0.1) is 0 Å². The van der Waals surface area contributed by atoms with E-state index >= 15 is 0 Å². The van der Waals surface area contributed by atoms with Crippen molar-refractivity contribution in [3.63, 3.8) is 0 Å². The molecule has 3 nitrogen and oxygen atoms in total. The third kappa shape index (κ3) is 2.00. The van der Waals surface area contributed by atoms with Crippen molar-refractivity contribution < 1.29 is 4.42 Å². The lowest BCUT2D eigenvalue weighted by atomic mass is 10.0. The normalized spacial score (nSPS) is 12.6. The first-order valence-corrected chi connectivity index (χ1v) is 4.53. The lowest BCUT2D eigenvalue weighted by Crippen LogP contribution is -2.12. The van der Waals surface area contributed by atoms with Crippen LogP contribution in [0.3, 0.4) is 0 Å². The number of hydrogen-bond donors (Lipinski definition) is 1. The highest BCUT2D eigenvalue weighted by atomic mass is 16.3. The number of rotatable bonds is 3. The Hall–Kier alpha value is -1.61. The number of nitrogens with zero attached hydrogens (tertiary/aromatic N) is 1. The number of hydrogen-bond acceptors (Lipinski definition) is 3. The van der Waals surface area contributed by atoms with Crippen molar-refractivity contribution >= 4 is 0 Å². The highest BCUT2D eigenvalue weighted by Gasteiger charge is 2.07. The van der Waals surface area contributed by atoms with Gasteiger partial charge in [-0.2, -0.15) is 0 Å². The van der Waals surface area contributed by atoms with Gasteiger partial charge in [0.15, 0.2) is 0 Å². The van der Waals surface area contributed by atoms with Crippen molar-refractivity contribution in [3.8, 4) is 0 Å². The predicted molar refractivity (Wildman–Crippen MR) is 53.6 cm³/mol. The van der Waals surface area contributed by atoms with Crippen molar-refractivity contribution in [2.45, 2.75) is 12.5 Å². The zero-order chi connectivity index (χ0) is 9.80. The molecule has 3 heteroatoms. The molecule has 2 aromatic rings. The Morgan fingerprint density at radius 2 is 2.36 bits per heavy atom. The van der Waals surface area contributed by atoms with Crippen molar-refractivity contribution in [2.24, 2.45) is 5.73 Å². The van der Waals surface area contributed by atoms with Crippen LogP contribution in [0.15, 0.2) is 47.5 Å². The molecule has 72 valence electrons. The van der Waals surface area contributed by atoms with E-state index in [-0.39, 0.29) is 6.04 Å². The fraction of sp³-hybridized carbons (Fsp3) is 0.182. The first-order chi connectivity index (χ1) is 6.86. The standard InChI is InChI=1S/C11H12N2O/c12-11(10-3-5-14-8-10)6-9-2-1-4-13-7-9/h1-5,7-8,11H,6,12H2. The minimum absolute atomic E-state index is 0.0158. The van der Waals surface area contributed by atoms with Gasteiger partial charge in [-0.05, 0) is 24.1 Å². The van der Waals surface area contributed by atoms with Gasteiger partial charge >= 0.3 is 0 Å². The van der Waals surface area contributed by atoms with E-state index in [1.165, 1.54) is 0 Å². The van der Waals surface area contributed by atoms with E-state index in [9.17, 15) is 0 Å². The molecule has 2 N–H and O–H groups in total. The van der Waals surface area contributed by atoms with Gasteiger partial charge in [0.05, 0.1) is 12.5 Å². The lowest BCUT2D eigenvalue weighted by Gasteiger charge is -2.08. The van der Waals surface area contributed by atoms with E-state index in [2.05, 4.69) is 4.98 Å². The summed E-state index contributed by atoms with van der Waals surface area (Å²) in [7, 11) is 0. The molecule has 0 aromatic carbocycles. The quantitative estimate of drug-likeness (QED) is 0.800. The average molecular weight is 188 g/mol. The van der Waals surface area contributed by atoms with Crippen molar-refractivity contribution in [1.29, 1.82) is 0 Å². The van der Waals surface area contributed by atoms with Gasteiger partial charge in [0.1, 0.15) is 0 Å². The summed E-state index contributed by atoms with van der Waals surface area (Å²) in [5.74, 6) is 0. The topological polar surface area (TPSA) is 52.0 Å². The fourth-order valence-electron chi connectivity index (χ4n) is 1.38. The summed E-state index contributed by atoms with van der Waals surface area (Å²) in [4.78, 5) is 4.04. The molecular weight excluding hydrogens is 176 g/mol. The highest BCUT2D eigenvalue weighted by molar-refractivity contribution is 5.17. The Labute approximate surface area is 82.6 Å². The highest BCUT2D eigenvalue weighted by Crippen LogP contribution is 2.15. The first kappa shape index (κ1) is 8.97. The van der Waals surface area contributed by atoms with Crippen LogP contribution in [-0.4, -0.2) is 4.98 Å². The summed E-state index contributed by atoms with van der Waals surface area (Å²) in [5.41, 5.74) is 8.15. The number of pyridine rings is 1. The molecule has 0 radical (unpaired) electrons. The molecular formula is C11H12N2O. The Balaban J connectivity index is 2.06. The second-order valence-electron chi connectivity index (χ2n) is 3.23. The van der Waals surface area contributed by atoms with Gasteiger partial charge in [-0.25, -0.2) is 0 Å². The van der Waals surface area contributed by atoms with Crippen molar-refractivity contribution in [1.82, 2.24) is 4.98 Å². The maximum atomic E-state index is 5.98. The molecule has 0 aliphatic heterocycles. The monoisotopic (exact) mass is 188 g/mol. The van der Waals surface area contributed by atoms with Crippen LogP contribution in [0.1, 0.15) is 17.2 Å². The summed E-state index contributed by atoms with van der Waals surface area (Å²) in [6.45, 7) is 0. The van der Waals surface area contributed by atoms with E-state index in [1.807, 2.05) is 24.4 Å². The van der Waals surface area contributed by atoms with Gasteiger partial charge in [-0.3, -0.25) is 4.98 Å². The van der Waals surface area contributed by atoms with Crippen LogP contribution in [-0.2, 0) is 6.42 Å². The molecule has 0 fully saturated rings. The smallest absolute Gasteiger partial charge is 0.0950 e. The van der Waals surface area contributed by atoms with Crippen molar-refractivity contribution in [2.75, 3.05) is 0 Å². The molecule has 1 unspecified atom stereocenters. The van der Waals surface area contributed by atoms with E-state index in [1.54, 1.807) is 18.7 Å². The SMILES string of the molecule is NC(Cc1cccnc1)c1ccoc1. The molecule has 2 heterocycles. The second kappa shape index (κ2) is 4.07. The van der Waals surface area contributed by atoms with E-state index in [4.69, 9.17) is 10.2 Å². The Morgan fingerprint density at radius 1 is 1.43 bits per heavy atom. The molecule has 2 aromatic heterocycles. The first-order valence-electron chi connectivity index (χ1n) is 4.53. The van der Waals surface area contributed by atoms with E-state index in [0.717, 1.165) is 17.5 Å². The Bertz CT molecular complexity index is 369. The van der Waals surface area contributed by atoms with Crippen LogP contribution < -0.4 is 5.73 Å². The van der Waals surface area contributed by atoms with Crippen LogP contribution >= 0.6 is 0 Å². The largest absolute Gasteiger partial charge is 0.472 e. The number of nitrogens with two attached hydrogens (primary N) is 1. The van der Waals surface area contributed by atoms with Gasteiger partial charge in [-0.1, -0.05) is 6.07 Å². The summed E-state index contributed by atoms with van der Waals surface area (Å²) >= 11 is 0. The van der Waals surface area contributed by atoms with Crippen LogP contribution in [0, 0.1) is 0 Å². The average Bonchev–Trinajstić information content (AvgIpc) is 2.72. The van der Waals surface area contributed by atoms with Gasteiger partial charge in [0.25, 0.3) is 0 Å². The van der Waals surface area contributed by atoms with Crippen LogP contribution in [0.2, 0.25) is 0 Å². The van der Waals surface area contributed by atoms with E-state index in [0.29, 0.717) is 0 Å². The molecule has 14 heavy (non-hydrogen) atoms. The molecule has 0 aliphatic carbocycles. The molecule has 0 saturated heterocycles. The lowest BCUT2D eigenvalue weighted by molar-refractivity contribution is 0.558. The number of furan rings is 1. The summed E-state index contributed by atoms with van der Waals surface area (Å²) in [6.07, 6.45) is 7.69. The fourth-order valence-corrected chi connectivity index (χ4v) is 1.38. The molecule has 0 saturated carbocycles. The minimum atomic E-state index is -0.0158. The predicted octanol–water partition coefficient (Wildman–Crippen LogP) is 1.92.